The maximum Gasteiger partial charge on any atom is 0.0589 e. The quantitative estimate of drug-likeness (QED) is 0.685. The van der Waals surface area contributed by atoms with E-state index in [0.717, 1.165) is 19.5 Å². The third-order valence-electron chi connectivity index (χ3n) is 3.08. The number of nitrogens with two attached hydrogens (primary N) is 1. The van der Waals surface area contributed by atoms with Gasteiger partial charge in [0.05, 0.1) is 6.10 Å². The van der Waals surface area contributed by atoms with Gasteiger partial charge in [-0.25, -0.2) is 0 Å². The molecule has 3 nitrogen and oxygen atoms in total. The van der Waals surface area contributed by atoms with Gasteiger partial charge in [-0.3, -0.25) is 0 Å². The molecule has 1 aliphatic rings. The second kappa shape index (κ2) is 4.94. The number of likely N-dealkylation sites (N-methyl/N-ethyl adjacent to an activating group) is 1. The van der Waals surface area contributed by atoms with Crippen molar-refractivity contribution in [1.82, 2.24) is 5.32 Å². The summed E-state index contributed by atoms with van der Waals surface area (Å²) in [5.41, 5.74) is 5.97. The Morgan fingerprint density at radius 3 is 2.92 bits per heavy atom. The number of ether oxygens (including phenoxy) is 1. The lowest BCUT2D eigenvalue weighted by molar-refractivity contribution is 0.0334. The molecule has 2 atom stereocenters. The van der Waals surface area contributed by atoms with E-state index in [4.69, 9.17) is 10.5 Å². The second-order valence-electron chi connectivity index (χ2n) is 3.97. The lowest BCUT2D eigenvalue weighted by Crippen LogP contribution is -2.55. The van der Waals surface area contributed by atoms with Crippen LogP contribution in [0.25, 0.3) is 0 Å². The molecule has 1 rings (SSSR count). The van der Waals surface area contributed by atoms with E-state index >= 15 is 0 Å². The molecule has 78 valence electrons. The third-order valence-corrected chi connectivity index (χ3v) is 3.08. The van der Waals surface area contributed by atoms with Crippen LogP contribution in [0.4, 0.5) is 0 Å². The first-order valence-corrected chi connectivity index (χ1v) is 5.24. The van der Waals surface area contributed by atoms with Gasteiger partial charge >= 0.3 is 0 Å². The van der Waals surface area contributed by atoms with E-state index in [2.05, 4.69) is 12.2 Å². The van der Waals surface area contributed by atoms with Gasteiger partial charge < -0.3 is 15.8 Å². The van der Waals surface area contributed by atoms with E-state index < -0.39 is 0 Å². The Balaban J connectivity index is 2.53. The van der Waals surface area contributed by atoms with Gasteiger partial charge in [0.25, 0.3) is 0 Å². The molecule has 0 aromatic heterocycles. The Hall–Kier alpha value is -0.120. The summed E-state index contributed by atoms with van der Waals surface area (Å²) in [6, 6.07) is 0. The van der Waals surface area contributed by atoms with E-state index in [1.165, 1.54) is 19.3 Å². The number of methoxy groups -OCH3 is 1. The third kappa shape index (κ3) is 2.66. The molecule has 0 radical (unpaired) electrons. The molecule has 0 bridgehead atoms. The minimum absolute atomic E-state index is 0.147. The van der Waals surface area contributed by atoms with E-state index in [9.17, 15) is 0 Å². The van der Waals surface area contributed by atoms with Crippen LogP contribution in [0.15, 0.2) is 0 Å². The first-order chi connectivity index (χ1) is 6.26. The topological polar surface area (TPSA) is 47.3 Å². The lowest BCUT2D eigenvalue weighted by atomic mass is 9.80. The van der Waals surface area contributed by atoms with Crippen LogP contribution in [0.2, 0.25) is 0 Å². The monoisotopic (exact) mass is 186 g/mol. The predicted octanol–water partition coefficient (Wildman–Crippen LogP) is 0.882. The van der Waals surface area contributed by atoms with E-state index in [-0.39, 0.29) is 5.54 Å². The maximum atomic E-state index is 5.82. The average Bonchev–Trinajstić information content (AvgIpc) is 2.19. The van der Waals surface area contributed by atoms with Gasteiger partial charge in [-0.05, 0) is 32.2 Å². The van der Waals surface area contributed by atoms with Crippen molar-refractivity contribution in [3.8, 4) is 0 Å². The highest BCUT2D eigenvalue weighted by Gasteiger charge is 2.34. The zero-order chi connectivity index (χ0) is 9.73. The fraction of sp³-hybridized carbons (Fsp3) is 1.00. The van der Waals surface area contributed by atoms with Crippen molar-refractivity contribution in [2.45, 2.75) is 44.2 Å². The first kappa shape index (κ1) is 11.0. The molecule has 0 amide bonds. The standard InChI is InChI=1S/C10H22N2O/c1-3-12-10(8-11)6-4-5-9(7-10)13-2/h9,12H,3-8,11H2,1-2H3. The second-order valence-corrected chi connectivity index (χ2v) is 3.97. The molecule has 0 aliphatic heterocycles. The number of nitrogens with one attached hydrogen (secondary N) is 1. The summed E-state index contributed by atoms with van der Waals surface area (Å²) in [4.78, 5) is 0. The molecule has 1 aliphatic carbocycles. The first-order valence-electron chi connectivity index (χ1n) is 5.24. The average molecular weight is 186 g/mol. The fourth-order valence-corrected chi connectivity index (χ4v) is 2.30. The van der Waals surface area contributed by atoms with Crippen molar-refractivity contribution in [2.75, 3.05) is 20.2 Å². The van der Waals surface area contributed by atoms with Gasteiger partial charge in [0.2, 0.25) is 0 Å². The smallest absolute Gasteiger partial charge is 0.0589 e. The molecule has 0 spiro atoms. The molecule has 1 saturated carbocycles. The van der Waals surface area contributed by atoms with Crippen LogP contribution in [-0.4, -0.2) is 31.8 Å². The Morgan fingerprint density at radius 2 is 2.38 bits per heavy atom. The molecule has 1 fully saturated rings. The summed E-state index contributed by atoms with van der Waals surface area (Å²) < 4.78 is 5.40. The van der Waals surface area contributed by atoms with Gasteiger partial charge in [-0.1, -0.05) is 6.92 Å². The zero-order valence-corrected chi connectivity index (χ0v) is 8.81. The van der Waals surface area contributed by atoms with Gasteiger partial charge in [0.15, 0.2) is 0 Å². The van der Waals surface area contributed by atoms with Crippen molar-refractivity contribution >= 4 is 0 Å². The predicted molar refractivity (Wildman–Crippen MR) is 54.7 cm³/mol. The zero-order valence-electron chi connectivity index (χ0n) is 8.81. The molecule has 0 aromatic rings. The minimum Gasteiger partial charge on any atom is -0.381 e. The molecule has 3 heteroatoms. The summed E-state index contributed by atoms with van der Waals surface area (Å²) >= 11 is 0. The molecule has 2 unspecified atom stereocenters. The van der Waals surface area contributed by atoms with Crippen molar-refractivity contribution in [3.63, 3.8) is 0 Å². The van der Waals surface area contributed by atoms with Crippen LogP contribution in [0.1, 0.15) is 32.6 Å². The van der Waals surface area contributed by atoms with Crippen molar-refractivity contribution in [3.05, 3.63) is 0 Å². The number of hydrogen-bond donors (Lipinski definition) is 2. The van der Waals surface area contributed by atoms with Gasteiger partial charge in [-0.2, -0.15) is 0 Å². The van der Waals surface area contributed by atoms with Crippen LogP contribution in [0, 0.1) is 0 Å². The Bertz CT molecular complexity index is 148. The Kier molecular flexibility index (Phi) is 4.16. The summed E-state index contributed by atoms with van der Waals surface area (Å²) in [6.45, 7) is 3.85. The SMILES string of the molecule is CCNC1(CN)CCCC(OC)C1. The summed E-state index contributed by atoms with van der Waals surface area (Å²) in [6.07, 6.45) is 5.06. The summed E-state index contributed by atoms with van der Waals surface area (Å²) in [5, 5.41) is 3.51. The molecular formula is C10H22N2O. The van der Waals surface area contributed by atoms with Crippen LogP contribution in [0.3, 0.4) is 0 Å². The van der Waals surface area contributed by atoms with Crippen LogP contribution in [-0.2, 0) is 4.74 Å². The maximum absolute atomic E-state index is 5.82. The van der Waals surface area contributed by atoms with Crippen molar-refractivity contribution in [2.24, 2.45) is 5.73 Å². The van der Waals surface area contributed by atoms with Gasteiger partial charge in [0.1, 0.15) is 0 Å². The number of hydrogen-bond acceptors (Lipinski definition) is 3. The van der Waals surface area contributed by atoms with Crippen LogP contribution in [0.5, 0.6) is 0 Å². The molecule has 3 N–H and O–H groups in total. The van der Waals surface area contributed by atoms with Crippen molar-refractivity contribution < 1.29 is 4.74 Å². The highest BCUT2D eigenvalue weighted by molar-refractivity contribution is 4.94. The fourth-order valence-electron chi connectivity index (χ4n) is 2.30. The van der Waals surface area contributed by atoms with Gasteiger partial charge in [-0.15, -0.1) is 0 Å². The highest BCUT2D eigenvalue weighted by Crippen LogP contribution is 2.28. The molecule has 0 saturated heterocycles. The van der Waals surface area contributed by atoms with Crippen LogP contribution >= 0.6 is 0 Å². The summed E-state index contributed by atoms with van der Waals surface area (Å²) in [7, 11) is 1.79. The largest absolute Gasteiger partial charge is 0.381 e. The summed E-state index contributed by atoms with van der Waals surface area (Å²) in [5.74, 6) is 0. The molecule has 13 heavy (non-hydrogen) atoms. The molecule has 0 aromatic carbocycles. The number of rotatable bonds is 4. The molecule has 0 heterocycles. The normalized spacial score (nSPS) is 34.8. The van der Waals surface area contributed by atoms with Gasteiger partial charge in [0, 0.05) is 19.2 Å². The Labute approximate surface area is 81.0 Å². The van der Waals surface area contributed by atoms with E-state index in [1.807, 2.05) is 0 Å². The Morgan fingerprint density at radius 1 is 1.62 bits per heavy atom. The molecular weight excluding hydrogens is 164 g/mol. The van der Waals surface area contributed by atoms with E-state index in [0.29, 0.717) is 6.10 Å². The minimum atomic E-state index is 0.147. The van der Waals surface area contributed by atoms with Crippen LogP contribution < -0.4 is 11.1 Å². The van der Waals surface area contributed by atoms with E-state index in [1.54, 1.807) is 7.11 Å². The van der Waals surface area contributed by atoms with Crippen molar-refractivity contribution in [1.29, 1.82) is 0 Å². The highest BCUT2D eigenvalue weighted by atomic mass is 16.5. The lowest BCUT2D eigenvalue weighted by Gasteiger charge is -2.40.